The van der Waals surface area contributed by atoms with Crippen LogP contribution in [0, 0.1) is 11.7 Å². The van der Waals surface area contributed by atoms with Gasteiger partial charge in [-0.3, -0.25) is 0 Å². The van der Waals surface area contributed by atoms with Crippen molar-refractivity contribution in [2.45, 2.75) is 45.8 Å². The van der Waals surface area contributed by atoms with E-state index in [-0.39, 0.29) is 30.7 Å². The smallest absolute Gasteiger partial charge is 0.322 e. The molecule has 1 aromatic rings. The maximum atomic E-state index is 13.5. The van der Waals surface area contributed by atoms with Crippen molar-refractivity contribution in [1.82, 2.24) is 4.90 Å². The van der Waals surface area contributed by atoms with E-state index >= 15 is 0 Å². The summed E-state index contributed by atoms with van der Waals surface area (Å²) in [5.74, 6) is 0.223. The van der Waals surface area contributed by atoms with Crippen LogP contribution in [0.25, 0.3) is 0 Å². The minimum absolute atomic E-state index is 0.0763. The van der Waals surface area contributed by atoms with Crippen molar-refractivity contribution in [2.75, 3.05) is 18.5 Å². The Kier molecular flexibility index (Phi) is 5.82. The minimum Gasteiger partial charge on any atom is -0.489 e. The number of piperidine rings is 1. The summed E-state index contributed by atoms with van der Waals surface area (Å²) in [5.41, 5.74) is 0.304. The highest BCUT2D eigenvalue weighted by Gasteiger charge is 2.31. The lowest BCUT2D eigenvalue weighted by atomic mass is 9.91. The van der Waals surface area contributed by atoms with Gasteiger partial charge >= 0.3 is 6.03 Å². The third-order valence-electron chi connectivity index (χ3n) is 4.11. The van der Waals surface area contributed by atoms with Gasteiger partial charge in [-0.2, -0.15) is 0 Å². The summed E-state index contributed by atoms with van der Waals surface area (Å²) in [4.78, 5) is 14.2. The van der Waals surface area contributed by atoms with Crippen LogP contribution in [0.5, 0.6) is 5.75 Å². The standard InChI is InChI=1S/C17H25FN2O3/c1-11(2)23-16-7-6-13(18)9-14(16)19-17(22)20-8-4-5-12(3)15(20)10-21/h6-7,9,11-12,15,21H,4-5,8,10H2,1-3H3,(H,19,22). The number of benzene rings is 1. The normalized spacial score (nSPS) is 21.4. The average molecular weight is 324 g/mol. The quantitative estimate of drug-likeness (QED) is 0.894. The Labute approximate surface area is 136 Å². The number of halogens is 1. The molecule has 1 aliphatic rings. The number of ether oxygens (including phenoxy) is 1. The molecule has 1 aromatic carbocycles. The molecule has 0 bridgehead atoms. The van der Waals surface area contributed by atoms with E-state index in [0.717, 1.165) is 12.8 Å². The monoisotopic (exact) mass is 324 g/mol. The van der Waals surface area contributed by atoms with Crippen LogP contribution in [-0.2, 0) is 0 Å². The number of aliphatic hydroxyl groups is 1. The van der Waals surface area contributed by atoms with Crippen molar-refractivity contribution in [3.63, 3.8) is 0 Å². The molecule has 2 rings (SSSR count). The first kappa shape index (κ1) is 17.5. The highest BCUT2D eigenvalue weighted by molar-refractivity contribution is 5.91. The van der Waals surface area contributed by atoms with Gasteiger partial charge in [0.25, 0.3) is 0 Å². The Bertz CT molecular complexity index is 551. The molecule has 2 unspecified atom stereocenters. The van der Waals surface area contributed by atoms with Gasteiger partial charge in [0.15, 0.2) is 0 Å². The summed E-state index contributed by atoms with van der Waals surface area (Å²) in [7, 11) is 0. The summed E-state index contributed by atoms with van der Waals surface area (Å²) in [6, 6.07) is 3.50. The molecule has 1 aliphatic heterocycles. The molecule has 0 aliphatic carbocycles. The van der Waals surface area contributed by atoms with E-state index < -0.39 is 5.82 Å². The summed E-state index contributed by atoms with van der Waals surface area (Å²) < 4.78 is 19.1. The van der Waals surface area contributed by atoms with Crippen LogP contribution in [0.2, 0.25) is 0 Å². The van der Waals surface area contributed by atoms with Gasteiger partial charge in [0.2, 0.25) is 0 Å². The van der Waals surface area contributed by atoms with Crippen LogP contribution in [0.4, 0.5) is 14.9 Å². The van der Waals surface area contributed by atoms with E-state index in [4.69, 9.17) is 4.74 Å². The van der Waals surface area contributed by atoms with Gasteiger partial charge < -0.3 is 20.1 Å². The second-order valence-electron chi connectivity index (χ2n) is 6.30. The molecule has 2 N–H and O–H groups in total. The van der Waals surface area contributed by atoms with Gasteiger partial charge in [-0.25, -0.2) is 9.18 Å². The molecule has 0 radical (unpaired) electrons. The van der Waals surface area contributed by atoms with E-state index in [0.29, 0.717) is 18.0 Å². The van der Waals surface area contributed by atoms with Crippen LogP contribution in [0.3, 0.4) is 0 Å². The number of urea groups is 1. The molecule has 128 valence electrons. The molecule has 6 heteroatoms. The molecule has 1 fully saturated rings. The lowest BCUT2D eigenvalue weighted by Gasteiger charge is -2.39. The van der Waals surface area contributed by atoms with Gasteiger partial charge in [-0.15, -0.1) is 0 Å². The number of carbonyl (C=O) groups excluding carboxylic acids is 1. The average Bonchev–Trinajstić information content (AvgIpc) is 2.49. The van der Waals surface area contributed by atoms with Crippen LogP contribution in [-0.4, -0.2) is 41.3 Å². The van der Waals surface area contributed by atoms with Crippen LogP contribution < -0.4 is 10.1 Å². The van der Waals surface area contributed by atoms with Crippen LogP contribution >= 0.6 is 0 Å². The fourth-order valence-electron chi connectivity index (χ4n) is 2.92. The summed E-state index contributed by atoms with van der Waals surface area (Å²) in [6.45, 7) is 6.26. The van der Waals surface area contributed by atoms with Crippen LogP contribution in [0.1, 0.15) is 33.6 Å². The fourth-order valence-corrected chi connectivity index (χ4v) is 2.92. The zero-order valence-electron chi connectivity index (χ0n) is 13.9. The molecule has 23 heavy (non-hydrogen) atoms. The lowest BCUT2D eigenvalue weighted by molar-refractivity contribution is 0.0811. The second kappa shape index (κ2) is 7.64. The molecule has 5 nitrogen and oxygen atoms in total. The highest BCUT2D eigenvalue weighted by atomic mass is 19.1. The largest absolute Gasteiger partial charge is 0.489 e. The molecular formula is C17H25FN2O3. The number of likely N-dealkylation sites (tertiary alicyclic amines) is 1. The molecule has 1 saturated heterocycles. The molecule has 2 atom stereocenters. The molecule has 0 aromatic heterocycles. The maximum Gasteiger partial charge on any atom is 0.322 e. The molecule has 0 saturated carbocycles. The molecular weight excluding hydrogens is 299 g/mol. The number of hydrogen-bond acceptors (Lipinski definition) is 3. The van der Waals surface area contributed by atoms with Gasteiger partial charge in [0, 0.05) is 12.6 Å². The molecule has 2 amide bonds. The predicted octanol–water partition coefficient (Wildman–Crippen LogP) is 3.24. The number of nitrogens with zero attached hydrogens (tertiary/aromatic N) is 1. The molecule has 0 spiro atoms. The summed E-state index contributed by atoms with van der Waals surface area (Å²) in [5, 5.41) is 12.3. The number of hydrogen-bond donors (Lipinski definition) is 2. The first-order valence-electron chi connectivity index (χ1n) is 8.07. The number of aliphatic hydroxyl groups excluding tert-OH is 1. The Balaban J connectivity index is 2.17. The third-order valence-corrected chi connectivity index (χ3v) is 4.11. The highest BCUT2D eigenvalue weighted by Crippen LogP contribution is 2.28. The van der Waals surface area contributed by atoms with E-state index in [9.17, 15) is 14.3 Å². The van der Waals surface area contributed by atoms with Crippen molar-refractivity contribution >= 4 is 11.7 Å². The predicted molar refractivity (Wildman–Crippen MR) is 87.2 cm³/mol. The Morgan fingerprint density at radius 3 is 2.91 bits per heavy atom. The van der Waals surface area contributed by atoms with Crippen LogP contribution in [0.15, 0.2) is 18.2 Å². The maximum absolute atomic E-state index is 13.5. The zero-order chi connectivity index (χ0) is 17.0. The zero-order valence-corrected chi connectivity index (χ0v) is 13.9. The second-order valence-corrected chi connectivity index (χ2v) is 6.30. The fraction of sp³-hybridized carbons (Fsp3) is 0.588. The Hall–Kier alpha value is -1.82. The number of amides is 2. The third kappa shape index (κ3) is 4.34. The van der Waals surface area contributed by atoms with Crippen molar-refractivity contribution in [2.24, 2.45) is 5.92 Å². The van der Waals surface area contributed by atoms with E-state index in [1.807, 2.05) is 20.8 Å². The number of carbonyl (C=O) groups is 1. The summed E-state index contributed by atoms with van der Waals surface area (Å²) >= 11 is 0. The van der Waals surface area contributed by atoms with Crippen molar-refractivity contribution in [1.29, 1.82) is 0 Å². The number of rotatable bonds is 4. The lowest BCUT2D eigenvalue weighted by Crippen LogP contribution is -2.51. The van der Waals surface area contributed by atoms with E-state index in [1.54, 1.807) is 4.90 Å². The van der Waals surface area contributed by atoms with E-state index in [2.05, 4.69) is 5.32 Å². The SMILES string of the molecule is CC(C)Oc1ccc(F)cc1NC(=O)N1CCCC(C)C1CO. The van der Waals surface area contributed by atoms with Gasteiger partial charge in [-0.05, 0) is 44.7 Å². The molecule has 1 heterocycles. The Morgan fingerprint density at radius 1 is 1.52 bits per heavy atom. The topological polar surface area (TPSA) is 61.8 Å². The summed E-state index contributed by atoms with van der Waals surface area (Å²) in [6.07, 6.45) is 1.79. The van der Waals surface area contributed by atoms with E-state index in [1.165, 1.54) is 18.2 Å². The van der Waals surface area contributed by atoms with Gasteiger partial charge in [0.05, 0.1) is 24.4 Å². The van der Waals surface area contributed by atoms with Gasteiger partial charge in [0.1, 0.15) is 11.6 Å². The minimum atomic E-state index is -0.442. The van der Waals surface area contributed by atoms with Gasteiger partial charge in [-0.1, -0.05) is 6.92 Å². The van der Waals surface area contributed by atoms with Crippen molar-refractivity contribution in [3.05, 3.63) is 24.0 Å². The first-order chi connectivity index (χ1) is 10.9. The number of anilines is 1. The Morgan fingerprint density at radius 2 is 2.26 bits per heavy atom. The van der Waals surface area contributed by atoms with Crippen molar-refractivity contribution in [3.8, 4) is 5.75 Å². The van der Waals surface area contributed by atoms with Crippen molar-refractivity contribution < 1.29 is 19.0 Å². The number of nitrogens with one attached hydrogen (secondary N) is 1. The first-order valence-corrected chi connectivity index (χ1v) is 8.07.